The predicted molar refractivity (Wildman–Crippen MR) is 79.9 cm³/mol. The standard InChI is InChI=1S/C15H14BrNO3/c1-8-10-7-9(18-2)3-4-11(10)20-15(8)14(17)12-5-6-13(16)19-12/h3-7,14H,17H2,1-2H3. The van der Waals surface area contributed by atoms with Gasteiger partial charge in [-0.1, -0.05) is 0 Å². The largest absolute Gasteiger partial charge is 0.497 e. The molecule has 0 saturated heterocycles. The maximum atomic E-state index is 6.23. The number of rotatable bonds is 3. The summed E-state index contributed by atoms with van der Waals surface area (Å²) in [5.74, 6) is 2.16. The number of benzene rings is 1. The molecule has 4 nitrogen and oxygen atoms in total. The fourth-order valence-corrected chi connectivity index (χ4v) is 2.59. The van der Waals surface area contributed by atoms with Crippen LogP contribution in [-0.2, 0) is 0 Å². The molecule has 104 valence electrons. The summed E-state index contributed by atoms with van der Waals surface area (Å²) < 4.78 is 17.3. The third-order valence-electron chi connectivity index (χ3n) is 3.36. The van der Waals surface area contributed by atoms with Gasteiger partial charge in [-0.25, -0.2) is 0 Å². The monoisotopic (exact) mass is 335 g/mol. The van der Waals surface area contributed by atoms with E-state index in [0.717, 1.165) is 22.3 Å². The first-order chi connectivity index (χ1) is 9.60. The smallest absolute Gasteiger partial charge is 0.169 e. The molecule has 1 atom stereocenters. The van der Waals surface area contributed by atoms with Gasteiger partial charge in [0.05, 0.1) is 7.11 Å². The predicted octanol–water partition coefficient (Wildman–Crippen LogP) is 4.15. The number of aryl methyl sites for hydroxylation is 1. The number of hydrogen-bond acceptors (Lipinski definition) is 4. The second kappa shape index (κ2) is 5.00. The fourth-order valence-electron chi connectivity index (χ4n) is 2.27. The first kappa shape index (κ1) is 13.3. The van der Waals surface area contributed by atoms with Crippen LogP contribution < -0.4 is 10.5 Å². The highest BCUT2D eigenvalue weighted by Gasteiger charge is 2.21. The van der Waals surface area contributed by atoms with Crippen LogP contribution in [0.2, 0.25) is 0 Å². The van der Waals surface area contributed by atoms with E-state index in [1.165, 1.54) is 0 Å². The molecule has 3 rings (SSSR count). The Kier molecular flexibility index (Phi) is 3.31. The number of halogens is 1. The Hall–Kier alpha value is -1.72. The summed E-state index contributed by atoms with van der Waals surface area (Å²) in [6, 6.07) is 8.92. The first-order valence-electron chi connectivity index (χ1n) is 6.18. The lowest BCUT2D eigenvalue weighted by Crippen LogP contribution is -2.10. The summed E-state index contributed by atoms with van der Waals surface area (Å²) >= 11 is 3.28. The van der Waals surface area contributed by atoms with Crippen LogP contribution in [0.25, 0.3) is 11.0 Å². The van der Waals surface area contributed by atoms with E-state index in [1.54, 1.807) is 7.11 Å². The molecule has 2 aromatic heterocycles. The van der Waals surface area contributed by atoms with Crippen LogP contribution in [0, 0.1) is 6.92 Å². The number of ether oxygens (including phenoxy) is 1. The van der Waals surface area contributed by atoms with E-state index in [-0.39, 0.29) is 0 Å². The van der Waals surface area contributed by atoms with Crippen LogP contribution in [0.1, 0.15) is 23.1 Å². The number of furan rings is 2. The van der Waals surface area contributed by atoms with Gasteiger partial charge in [0.15, 0.2) is 4.67 Å². The van der Waals surface area contributed by atoms with E-state index in [4.69, 9.17) is 19.3 Å². The number of fused-ring (bicyclic) bond motifs is 1. The van der Waals surface area contributed by atoms with Gasteiger partial charge in [-0.3, -0.25) is 0 Å². The van der Waals surface area contributed by atoms with Crippen LogP contribution in [0.4, 0.5) is 0 Å². The second-order valence-corrected chi connectivity index (χ2v) is 5.35. The van der Waals surface area contributed by atoms with Gasteiger partial charge in [0, 0.05) is 10.9 Å². The van der Waals surface area contributed by atoms with Gasteiger partial charge < -0.3 is 19.3 Å². The maximum Gasteiger partial charge on any atom is 0.169 e. The number of methoxy groups -OCH3 is 1. The Labute approximate surface area is 124 Å². The molecule has 0 spiro atoms. The molecule has 0 aliphatic carbocycles. The van der Waals surface area contributed by atoms with E-state index in [2.05, 4.69) is 15.9 Å². The quantitative estimate of drug-likeness (QED) is 0.780. The van der Waals surface area contributed by atoms with Crippen molar-refractivity contribution in [3.8, 4) is 5.75 Å². The highest BCUT2D eigenvalue weighted by atomic mass is 79.9. The molecule has 1 aromatic carbocycles. The molecule has 0 aliphatic rings. The van der Waals surface area contributed by atoms with E-state index in [1.807, 2.05) is 37.3 Å². The minimum atomic E-state index is -0.431. The third kappa shape index (κ3) is 2.13. The van der Waals surface area contributed by atoms with Gasteiger partial charge in [0.1, 0.15) is 28.9 Å². The zero-order valence-electron chi connectivity index (χ0n) is 11.1. The Balaban J connectivity index is 2.09. The minimum Gasteiger partial charge on any atom is -0.497 e. The van der Waals surface area contributed by atoms with Crippen molar-refractivity contribution in [2.45, 2.75) is 13.0 Å². The van der Waals surface area contributed by atoms with Crippen LogP contribution in [0.5, 0.6) is 5.75 Å². The Morgan fingerprint density at radius 3 is 2.65 bits per heavy atom. The molecule has 0 amide bonds. The molecule has 0 saturated carbocycles. The lowest BCUT2D eigenvalue weighted by Gasteiger charge is -2.06. The fraction of sp³-hybridized carbons (Fsp3) is 0.200. The minimum absolute atomic E-state index is 0.431. The van der Waals surface area contributed by atoms with Crippen molar-refractivity contribution in [3.63, 3.8) is 0 Å². The molecule has 5 heteroatoms. The lowest BCUT2D eigenvalue weighted by molar-refractivity contribution is 0.415. The summed E-state index contributed by atoms with van der Waals surface area (Å²) in [7, 11) is 1.64. The van der Waals surface area contributed by atoms with Gasteiger partial charge in [0.25, 0.3) is 0 Å². The molecule has 0 aliphatic heterocycles. The Morgan fingerprint density at radius 1 is 1.20 bits per heavy atom. The molecule has 0 fully saturated rings. The average Bonchev–Trinajstić information content (AvgIpc) is 3.02. The van der Waals surface area contributed by atoms with E-state index in [9.17, 15) is 0 Å². The Morgan fingerprint density at radius 2 is 2.00 bits per heavy atom. The van der Waals surface area contributed by atoms with Crippen molar-refractivity contribution >= 4 is 26.9 Å². The highest BCUT2D eigenvalue weighted by molar-refractivity contribution is 9.10. The highest BCUT2D eigenvalue weighted by Crippen LogP contribution is 2.34. The van der Waals surface area contributed by atoms with Crippen molar-refractivity contribution in [1.82, 2.24) is 0 Å². The average molecular weight is 336 g/mol. The van der Waals surface area contributed by atoms with Crippen molar-refractivity contribution < 1.29 is 13.6 Å². The summed E-state index contributed by atoms with van der Waals surface area (Å²) in [5.41, 5.74) is 8.02. The van der Waals surface area contributed by atoms with Crippen molar-refractivity contribution in [1.29, 1.82) is 0 Å². The lowest BCUT2D eigenvalue weighted by atomic mass is 10.1. The van der Waals surface area contributed by atoms with Crippen LogP contribution in [0.15, 0.2) is 43.8 Å². The van der Waals surface area contributed by atoms with E-state index < -0.39 is 6.04 Å². The molecular weight excluding hydrogens is 322 g/mol. The van der Waals surface area contributed by atoms with E-state index in [0.29, 0.717) is 16.2 Å². The molecule has 3 aromatic rings. The summed E-state index contributed by atoms with van der Waals surface area (Å²) in [6.45, 7) is 1.98. The van der Waals surface area contributed by atoms with Gasteiger partial charge in [-0.2, -0.15) is 0 Å². The van der Waals surface area contributed by atoms with Crippen LogP contribution in [0.3, 0.4) is 0 Å². The number of nitrogens with two attached hydrogens (primary N) is 1. The van der Waals surface area contributed by atoms with Gasteiger partial charge in [0.2, 0.25) is 0 Å². The van der Waals surface area contributed by atoms with Crippen molar-refractivity contribution in [3.05, 3.63) is 52.1 Å². The SMILES string of the molecule is COc1ccc2oc(C(N)c3ccc(Br)o3)c(C)c2c1. The molecule has 2 heterocycles. The van der Waals surface area contributed by atoms with Crippen molar-refractivity contribution in [2.75, 3.05) is 7.11 Å². The van der Waals surface area contributed by atoms with Crippen LogP contribution >= 0.6 is 15.9 Å². The van der Waals surface area contributed by atoms with Gasteiger partial charge in [-0.15, -0.1) is 0 Å². The zero-order valence-corrected chi connectivity index (χ0v) is 12.7. The third-order valence-corrected chi connectivity index (χ3v) is 3.79. The van der Waals surface area contributed by atoms with Gasteiger partial charge in [-0.05, 0) is 53.2 Å². The maximum absolute atomic E-state index is 6.23. The zero-order chi connectivity index (χ0) is 14.3. The first-order valence-corrected chi connectivity index (χ1v) is 6.97. The second-order valence-electron chi connectivity index (χ2n) is 4.57. The van der Waals surface area contributed by atoms with Crippen molar-refractivity contribution in [2.24, 2.45) is 5.73 Å². The summed E-state index contributed by atoms with van der Waals surface area (Å²) in [4.78, 5) is 0. The number of hydrogen-bond donors (Lipinski definition) is 1. The molecule has 0 bridgehead atoms. The molecule has 20 heavy (non-hydrogen) atoms. The Bertz CT molecular complexity index is 760. The summed E-state index contributed by atoms with van der Waals surface area (Å²) in [5, 5.41) is 1.00. The normalized spacial score (nSPS) is 12.8. The molecule has 1 unspecified atom stereocenters. The molecule has 2 N–H and O–H groups in total. The van der Waals surface area contributed by atoms with Crippen LogP contribution in [-0.4, -0.2) is 7.11 Å². The molecule has 0 radical (unpaired) electrons. The van der Waals surface area contributed by atoms with E-state index >= 15 is 0 Å². The summed E-state index contributed by atoms with van der Waals surface area (Å²) in [6.07, 6.45) is 0. The molecular formula is C15H14BrNO3. The topological polar surface area (TPSA) is 61.5 Å². The van der Waals surface area contributed by atoms with Gasteiger partial charge >= 0.3 is 0 Å².